The van der Waals surface area contributed by atoms with Crippen molar-refractivity contribution >= 4 is 16.6 Å². The van der Waals surface area contributed by atoms with Crippen LogP contribution in [0.4, 0.5) is 10.1 Å². The average molecular weight is 514 g/mol. The van der Waals surface area contributed by atoms with Gasteiger partial charge in [-0.1, -0.05) is 0 Å². The van der Waals surface area contributed by atoms with Crippen LogP contribution in [0.25, 0.3) is 10.9 Å². The summed E-state index contributed by atoms with van der Waals surface area (Å²) in [5.41, 5.74) is 4.47. The van der Waals surface area contributed by atoms with Crippen LogP contribution in [0.3, 0.4) is 0 Å². The lowest BCUT2D eigenvalue weighted by Gasteiger charge is -2.39. The minimum Gasteiger partial charge on any atom is -0.467 e. The average Bonchev–Trinajstić information content (AvgIpc) is 3.60. The molecule has 0 aliphatic carbocycles. The van der Waals surface area contributed by atoms with E-state index in [1.165, 1.54) is 12.1 Å². The predicted octanol–water partition coefficient (Wildman–Crippen LogP) is 3.82. The zero-order chi connectivity index (χ0) is 26.2. The van der Waals surface area contributed by atoms with E-state index in [4.69, 9.17) is 4.42 Å². The fourth-order valence-electron chi connectivity index (χ4n) is 5.16. The van der Waals surface area contributed by atoms with Gasteiger partial charge in [0.05, 0.1) is 6.26 Å². The third kappa shape index (κ3) is 4.58. The van der Waals surface area contributed by atoms with E-state index in [-0.39, 0.29) is 11.4 Å². The highest BCUT2D eigenvalue weighted by Crippen LogP contribution is 2.30. The number of anilines is 1. The maximum atomic E-state index is 13.5. The number of rotatable bonds is 6. The van der Waals surface area contributed by atoms with Gasteiger partial charge in [-0.3, -0.25) is 9.69 Å². The maximum absolute atomic E-state index is 13.5. The van der Waals surface area contributed by atoms with Crippen LogP contribution in [0.1, 0.15) is 34.3 Å². The number of aromatic amines is 1. The van der Waals surface area contributed by atoms with Crippen LogP contribution in [0, 0.1) is 19.7 Å². The van der Waals surface area contributed by atoms with Gasteiger partial charge < -0.3 is 14.3 Å². The van der Waals surface area contributed by atoms with Crippen LogP contribution in [0.15, 0.2) is 70.1 Å². The molecule has 1 unspecified atom stereocenters. The number of H-pyrrole nitrogens is 1. The molecule has 4 heterocycles. The normalized spacial score (nSPS) is 15.3. The summed E-state index contributed by atoms with van der Waals surface area (Å²) in [6, 6.07) is 15.8. The number of aromatic nitrogens is 5. The molecule has 38 heavy (non-hydrogen) atoms. The standard InChI is InChI=1S/C28H28FN7O2/c1-18-14-20-16-24(28(37)30-25(20)15-19(18)2)26(27-31-32-33-36(27)17-23-4-3-13-38-23)35-11-9-34(10-12-35)22-7-5-21(29)6-8-22/h3-8,13-16,26H,9-12,17H2,1-2H3,(H,30,37). The SMILES string of the molecule is Cc1cc2cc(C(c3nnnn3Cc3ccco3)N3CCN(c4ccc(F)cc4)CC3)c(=O)[nH]c2cc1C. The molecule has 1 fully saturated rings. The van der Waals surface area contributed by atoms with E-state index in [1.54, 1.807) is 23.1 Å². The van der Waals surface area contributed by atoms with Crippen LogP contribution in [-0.2, 0) is 6.54 Å². The summed E-state index contributed by atoms with van der Waals surface area (Å²) in [7, 11) is 0. The van der Waals surface area contributed by atoms with Gasteiger partial charge >= 0.3 is 0 Å². The van der Waals surface area contributed by atoms with E-state index >= 15 is 0 Å². The van der Waals surface area contributed by atoms with E-state index in [0.717, 1.165) is 33.5 Å². The molecule has 0 bridgehead atoms. The number of tetrazole rings is 1. The molecule has 0 amide bonds. The topological polar surface area (TPSA) is 96.1 Å². The quantitative estimate of drug-likeness (QED) is 0.369. The lowest BCUT2D eigenvalue weighted by Crippen LogP contribution is -2.49. The molecular weight excluding hydrogens is 485 g/mol. The Morgan fingerprint density at radius 2 is 1.79 bits per heavy atom. The van der Waals surface area contributed by atoms with Crippen molar-refractivity contribution in [2.75, 3.05) is 31.1 Å². The molecule has 9 nitrogen and oxygen atoms in total. The zero-order valence-electron chi connectivity index (χ0n) is 21.3. The van der Waals surface area contributed by atoms with Crippen molar-refractivity contribution in [2.45, 2.75) is 26.4 Å². The van der Waals surface area contributed by atoms with Crippen LogP contribution < -0.4 is 10.5 Å². The Bertz CT molecular complexity index is 1620. The van der Waals surface area contributed by atoms with Gasteiger partial charge in [-0.2, -0.15) is 0 Å². The molecule has 1 aliphatic rings. The van der Waals surface area contributed by atoms with E-state index in [2.05, 4.69) is 43.3 Å². The minimum atomic E-state index is -0.468. The second-order valence-corrected chi connectivity index (χ2v) is 9.75. The van der Waals surface area contributed by atoms with E-state index in [1.807, 2.05) is 31.2 Å². The van der Waals surface area contributed by atoms with Crippen molar-refractivity contribution in [2.24, 2.45) is 0 Å². The third-order valence-electron chi connectivity index (χ3n) is 7.34. The number of halogens is 1. The fourth-order valence-corrected chi connectivity index (χ4v) is 5.16. The predicted molar refractivity (Wildman–Crippen MR) is 142 cm³/mol. The Labute approximate surface area is 218 Å². The number of piperazine rings is 1. The Morgan fingerprint density at radius 1 is 1.03 bits per heavy atom. The van der Waals surface area contributed by atoms with Crippen LogP contribution in [-0.4, -0.2) is 56.3 Å². The summed E-state index contributed by atoms with van der Waals surface area (Å²) in [5.74, 6) is 1.04. The molecule has 6 rings (SSSR count). The highest BCUT2D eigenvalue weighted by Gasteiger charge is 2.33. The van der Waals surface area contributed by atoms with Crippen molar-refractivity contribution in [3.8, 4) is 0 Å². The van der Waals surface area contributed by atoms with Gasteiger partial charge in [0.25, 0.3) is 5.56 Å². The molecule has 1 atom stereocenters. The first kappa shape index (κ1) is 24.1. The smallest absolute Gasteiger partial charge is 0.253 e. The highest BCUT2D eigenvalue weighted by molar-refractivity contribution is 5.81. The second-order valence-electron chi connectivity index (χ2n) is 9.75. The van der Waals surface area contributed by atoms with E-state index in [0.29, 0.717) is 44.1 Å². The van der Waals surface area contributed by atoms with Crippen LogP contribution in [0.5, 0.6) is 0 Å². The molecule has 1 saturated heterocycles. The summed E-state index contributed by atoms with van der Waals surface area (Å²) in [4.78, 5) is 21.1. The summed E-state index contributed by atoms with van der Waals surface area (Å²) >= 11 is 0. The summed E-state index contributed by atoms with van der Waals surface area (Å²) < 4.78 is 20.7. The monoisotopic (exact) mass is 513 g/mol. The van der Waals surface area contributed by atoms with Gasteiger partial charge in [0, 0.05) is 42.9 Å². The van der Waals surface area contributed by atoms with Crippen molar-refractivity contribution in [1.29, 1.82) is 0 Å². The van der Waals surface area contributed by atoms with Crippen molar-refractivity contribution in [3.63, 3.8) is 0 Å². The molecule has 0 spiro atoms. The molecule has 0 saturated carbocycles. The van der Waals surface area contributed by atoms with Crippen LogP contribution >= 0.6 is 0 Å². The Kier molecular flexibility index (Phi) is 6.24. The number of aryl methyl sites for hydroxylation is 2. The first-order valence-corrected chi connectivity index (χ1v) is 12.6. The number of hydrogen-bond acceptors (Lipinski definition) is 7. The summed E-state index contributed by atoms with van der Waals surface area (Å²) in [6.07, 6.45) is 1.61. The lowest BCUT2D eigenvalue weighted by atomic mass is 10.00. The molecule has 1 N–H and O–H groups in total. The Hall–Kier alpha value is -4.31. The van der Waals surface area contributed by atoms with Crippen molar-refractivity contribution in [3.05, 3.63) is 105 Å². The minimum absolute atomic E-state index is 0.167. The van der Waals surface area contributed by atoms with Crippen molar-refractivity contribution < 1.29 is 8.81 Å². The molecule has 0 radical (unpaired) electrons. The van der Waals surface area contributed by atoms with E-state index in [9.17, 15) is 9.18 Å². The number of nitrogens with one attached hydrogen (secondary N) is 1. The first-order chi connectivity index (χ1) is 18.5. The molecule has 3 aromatic heterocycles. The molecule has 2 aromatic carbocycles. The molecule has 194 valence electrons. The summed E-state index contributed by atoms with van der Waals surface area (Å²) in [5, 5.41) is 13.6. The number of hydrogen-bond donors (Lipinski definition) is 1. The van der Waals surface area contributed by atoms with Gasteiger partial charge in [0.2, 0.25) is 0 Å². The van der Waals surface area contributed by atoms with Gasteiger partial charge in [-0.25, -0.2) is 9.07 Å². The first-order valence-electron chi connectivity index (χ1n) is 12.6. The zero-order valence-corrected chi connectivity index (χ0v) is 21.3. The highest BCUT2D eigenvalue weighted by atomic mass is 19.1. The van der Waals surface area contributed by atoms with E-state index < -0.39 is 6.04 Å². The number of fused-ring (bicyclic) bond motifs is 1. The molecular formula is C28H28FN7O2. The Morgan fingerprint density at radius 3 is 2.53 bits per heavy atom. The largest absolute Gasteiger partial charge is 0.467 e. The van der Waals surface area contributed by atoms with Crippen molar-refractivity contribution in [1.82, 2.24) is 30.1 Å². The number of furan rings is 1. The number of nitrogens with zero attached hydrogens (tertiary/aromatic N) is 6. The lowest BCUT2D eigenvalue weighted by molar-refractivity contribution is 0.200. The van der Waals surface area contributed by atoms with Gasteiger partial charge in [-0.05, 0) is 95.4 Å². The third-order valence-corrected chi connectivity index (χ3v) is 7.34. The molecule has 1 aliphatic heterocycles. The second kappa shape index (κ2) is 9.86. The van der Waals surface area contributed by atoms with Gasteiger partial charge in [0.1, 0.15) is 24.2 Å². The fraction of sp³-hybridized carbons (Fsp3) is 0.286. The van der Waals surface area contributed by atoms with Gasteiger partial charge in [-0.15, -0.1) is 5.10 Å². The number of pyridine rings is 1. The summed E-state index contributed by atoms with van der Waals surface area (Å²) in [6.45, 7) is 7.21. The van der Waals surface area contributed by atoms with Crippen LogP contribution in [0.2, 0.25) is 0 Å². The Balaban J connectivity index is 1.39. The molecule has 10 heteroatoms. The molecule has 5 aromatic rings. The maximum Gasteiger partial charge on any atom is 0.253 e. The number of benzene rings is 2. The van der Waals surface area contributed by atoms with Gasteiger partial charge in [0.15, 0.2) is 5.82 Å².